The van der Waals surface area contributed by atoms with E-state index in [4.69, 9.17) is 9.72 Å². The fourth-order valence-electron chi connectivity index (χ4n) is 6.56. The Morgan fingerprint density at radius 1 is 1.00 bits per heavy atom. The molecule has 0 spiro atoms. The Morgan fingerprint density at radius 2 is 1.75 bits per heavy atom. The summed E-state index contributed by atoms with van der Waals surface area (Å²) in [5.74, 6) is 0.402. The van der Waals surface area contributed by atoms with E-state index in [9.17, 15) is 13.2 Å². The molecule has 11 nitrogen and oxygen atoms in total. The van der Waals surface area contributed by atoms with Gasteiger partial charge in [-0.05, 0) is 80.8 Å². The first kappa shape index (κ1) is 33.3. The highest BCUT2D eigenvalue weighted by Gasteiger charge is 2.32. The molecule has 2 aliphatic heterocycles. The molecule has 2 aliphatic rings. The fraction of sp³-hybridized carbons (Fsp3) is 0.417. The van der Waals surface area contributed by atoms with Gasteiger partial charge in [0, 0.05) is 36.0 Å². The summed E-state index contributed by atoms with van der Waals surface area (Å²) in [6.07, 6.45) is 4.48. The van der Waals surface area contributed by atoms with Gasteiger partial charge < -0.3 is 14.5 Å². The van der Waals surface area contributed by atoms with Gasteiger partial charge in [0.25, 0.3) is 15.9 Å². The Hall–Kier alpha value is -4.58. The number of amides is 1. The highest BCUT2D eigenvalue weighted by atomic mass is 32.2. The van der Waals surface area contributed by atoms with Crippen LogP contribution in [0, 0.1) is 19.3 Å². The number of fused-ring (bicyclic) bond motifs is 4. The maximum absolute atomic E-state index is 14.5. The predicted molar refractivity (Wildman–Crippen MR) is 185 cm³/mol. The van der Waals surface area contributed by atoms with Crippen molar-refractivity contribution in [1.29, 1.82) is 0 Å². The average molecular weight is 670 g/mol. The quantitative estimate of drug-likeness (QED) is 0.265. The monoisotopic (exact) mass is 669 g/mol. The summed E-state index contributed by atoms with van der Waals surface area (Å²) in [4.78, 5) is 36.9. The second kappa shape index (κ2) is 13.1. The number of carbonyl (C=O) groups excluding carboxylic acids is 1. The third-order valence-electron chi connectivity index (χ3n) is 8.87. The van der Waals surface area contributed by atoms with Crippen LogP contribution < -0.4 is 14.4 Å². The predicted octanol–water partition coefficient (Wildman–Crippen LogP) is 6.18. The minimum absolute atomic E-state index is 0.0733. The number of aromatic nitrogens is 4. The largest absolute Gasteiger partial charge is 0.475 e. The van der Waals surface area contributed by atoms with Crippen LogP contribution in [0.5, 0.6) is 5.88 Å². The second-order valence-corrected chi connectivity index (χ2v) is 15.7. The van der Waals surface area contributed by atoms with Crippen LogP contribution in [0.2, 0.25) is 0 Å². The molecular weight excluding hydrogens is 627 g/mol. The van der Waals surface area contributed by atoms with Crippen molar-refractivity contribution < 1.29 is 17.9 Å². The first-order chi connectivity index (χ1) is 22.8. The molecule has 4 bridgehead atoms. The molecule has 1 saturated heterocycles. The van der Waals surface area contributed by atoms with E-state index in [1.165, 1.54) is 12.1 Å². The van der Waals surface area contributed by atoms with E-state index in [-0.39, 0.29) is 46.8 Å². The van der Waals surface area contributed by atoms with Crippen molar-refractivity contribution >= 4 is 27.8 Å². The summed E-state index contributed by atoms with van der Waals surface area (Å²) in [5.41, 5.74) is 4.09. The van der Waals surface area contributed by atoms with Gasteiger partial charge in [0.1, 0.15) is 6.61 Å². The lowest BCUT2D eigenvalue weighted by molar-refractivity contribution is 0.0509. The topological polar surface area (TPSA) is 131 Å². The zero-order valence-electron chi connectivity index (χ0n) is 28.4. The molecule has 2 atom stereocenters. The average Bonchev–Trinajstić information content (AvgIpc) is 3.46. The van der Waals surface area contributed by atoms with Gasteiger partial charge in [-0.15, -0.1) is 0 Å². The minimum atomic E-state index is -4.17. The molecule has 1 N–H and O–H groups in total. The SMILES string of the molecule is Cc1cccc(C)c1-c1cc2nc(n1)NS(=O)(=O)c1cccc(c1)C(=O)N(Cc1ccnc(N3CCC[C@H]3C)n1)[C@H](CC(C)(C)C)CO2. The van der Waals surface area contributed by atoms with Crippen molar-refractivity contribution in [3.05, 3.63) is 83.2 Å². The van der Waals surface area contributed by atoms with Crippen LogP contribution in [-0.4, -0.2) is 64.4 Å². The highest BCUT2D eigenvalue weighted by Crippen LogP contribution is 2.32. The van der Waals surface area contributed by atoms with E-state index in [0.717, 1.165) is 36.1 Å². The third kappa shape index (κ3) is 7.28. The number of rotatable bonds is 5. The Balaban J connectivity index is 1.47. The van der Waals surface area contributed by atoms with Crippen molar-refractivity contribution in [2.45, 2.75) is 84.3 Å². The molecule has 48 heavy (non-hydrogen) atoms. The van der Waals surface area contributed by atoms with Gasteiger partial charge >= 0.3 is 0 Å². The summed E-state index contributed by atoms with van der Waals surface area (Å²) in [6.45, 7) is 13.7. The van der Waals surface area contributed by atoms with Gasteiger partial charge in [-0.1, -0.05) is 45.0 Å². The van der Waals surface area contributed by atoms with Crippen molar-refractivity contribution in [1.82, 2.24) is 24.8 Å². The van der Waals surface area contributed by atoms with E-state index in [1.807, 2.05) is 38.1 Å². The Labute approximate surface area is 282 Å². The maximum Gasteiger partial charge on any atom is 0.264 e. The van der Waals surface area contributed by atoms with Gasteiger partial charge in [0.2, 0.25) is 17.8 Å². The number of anilines is 2. The number of hydrogen-bond donors (Lipinski definition) is 1. The summed E-state index contributed by atoms with van der Waals surface area (Å²) < 4.78 is 36.3. The Kier molecular flexibility index (Phi) is 9.12. The van der Waals surface area contributed by atoms with Gasteiger partial charge in [-0.2, -0.15) is 4.98 Å². The molecule has 252 valence electrons. The van der Waals surface area contributed by atoms with Crippen molar-refractivity contribution in [2.75, 3.05) is 22.8 Å². The summed E-state index contributed by atoms with van der Waals surface area (Å²) in [6, 6.07) is 15.5. The lowest BCUT2D eigenvalue weighted by Gasteiger charge is -2.35. The molecule has 4 heterocycles. The number of aryl methyl sites for hydroxylation is 2. The van der Waals surface area contributed by atoms with Crippen LogP contribution in [0.1, 0.15) is 74.1 Å². The Bertz CT molecular complexity index is 1920. The normalized spacial score (nSPS) is 19.5. The van der Waals surface area contributed by atoms with Crippen LogP contribution in [0.15, 0.2) is 65.7 Å². The van der Waals surface area contributed by atoms with Crippen molar-refractivity contribution in [3.63, 3.8) is 0 Å². The molecule has 0 unspecified atom stereocenters. The second-order valence-electron chi connectivity index (χ2n) is 14.0. The van der Waals surface area contributed by atoms with E-state index >= 15 is 0 Å². The molecule has 0 radical (unpaired) electrons. The summed E-state index contributed by atoms with van der Waals surface area (Å²) in [7, 11) is -4.17. The van der Waals surface area contributed by atoms with E-state index < -0.39 is 16.1 Å². The van der Waals surface area contributed by atoms with Crippen LogP contribution in [0.3, 0.4) is 0 Å². The number of sulfonamides is 1. The fourth-order valence-corrected chi connectivity index (χ4v) is 7.55. The first-order valence-electron chi connectivity index (χ1n) is 16.4. The standard InChI is InChI=1S/C36H43N7O4S/c1-23-10-7-11-24(2)32(23)30-19-31-40-34(39-30)41-48(45,46)29-14-8-13-26(18-29)33(44)43(28(22-47-31)20-36(4,5)6)21-27-15-16-37-35(38-27)42-17-9-12-25(42)3/h7-8,10-11,13-16,18-19,25,28H,9,12,17,20-22H2,1-6H3,(H,39,40,41)/t25-,28-/m1/s1. The zero-order valence-corrected chi connectivity index (χ0v) is 29.2. The number of ether oxygens (including phenoxy) is 1. The lowest BCUT2D eigenvalue weighted by atomic mass is 9.87. The Morgan fingerprint density at radius 3 is 2.46 bits per heavy atom. The van der Waals surface area contributed by atoms with E-state index in [1.54, 1.807) is 29.3 Å². The van der Waals surface area contributed by atoms with Gasteiger partial charge in [-0.25, -0.2) is 28.1 Å². The van der Waals surface area contributed by atoms with Crippen LogP contribution in [0.4, 0.5) is 11.9 Å². The summed E-state index contributed by atoms with van der Waals surface area (Å²) >= 11 is 0. The molecule has 1 fully saturated rings. The van der Waals surface area contributed by atoms with Gasteiger partial charge in [-0.3, -0.25) is 4.79 Å². The molecular formula is C36H43N7O4S. The molecule has 4 aromatic rings. The zero-order chi connectivity index (χ0) is 34.2. The van der Waals surface area contributed by atoms with Crippen LogP contribution >= 0.6 is 0 Å². The molecule has 2 aromatic heterocycles. The van der Waals surface area contributed by atoms with Crippen molar-refractivity contribution in [2.24, 2.45) is 5.41 Å². The molecule has 1 amide bonds. The van der Waals surface area contributed by atoms with Gasteiger partial charge in [0.05, 0.1) is 28.9 Å². The van der Waals surface area contributed by atoms with E-state index in [0.29, 0.717) is 29.8 Å². The van der Waals surface area contributed by atoms with Crippen molar-refractivity contribution in [3.8, 4) is 17.1 Å². The van der Waals surface area contributed by atoms with E-state index in [2.05, 4.69) is 52.3 Å². The lowest BCUT2D eigenvalue weighted by Crippen LogP contribution is -2.45. The number of carbonyl (C=O) groups is 1. The number of nitrogens with zero attached hydrogens (tertiary/aromatic N) is 6. The number of benzene rings is 2. The number of hydrogen-bond acceptors (Lipinski definition) is 9. The van der Waals surface area contributed by atoms with Gasteiger partial charge in [0.15, 0.2) is 0 Å². The third-order valence-corrected chi connectivity index (χ3v) is 10.2. The maximum atomic E-state index is 14.5. The highest BCUT2D eigenvalue weighted by molar-refractivity contribution is 7.92. The minimum Gasteiger partial charge on any atom is -0.475 e. The number of nitrogens with one attached hydrogen (secondary N) is 1. The van der Waals surface area contributed by atoms with Crippen LogP contribution in [-0.2, 0) is 16.6 Å². The molecule has 0 aliphatic carbocycles. The molecule has 6 rings (SSSR count). The smallest absolute Gasteiger partial charge is 0.264 e. The van der Waals surface area contributed by atoms with Crippen LogP contribution in [0.25, 0.3) is 11.3 Å². The molecule has 0 saturated carbocycles. The first-order valence-corrected chi connectivity index (χ1v) is 17.9. The molecule has 12 heteroatoms. The summed E-state index contributed by atoms with van der Waals surface area (Å²) in [5, 5.41) is 0. The molecule has 2 aromatic carbocycles.